The van der Waals surface area contributed by atoms with Crippen molar-refractivity contribution in [3.63, 3.8) is 0 Å². The predicted octanol–water partition coefficient (Wildman–Crippen LogP) is 4.12. The molecule has 1 atom stereocenters. The van der Waals surface area contributed by atoms with Gasteiger partial charge in [-0.25, -0.2) is 8.78 Å². The van der Waals surface area contributed by atoms with E-state index in [1.54, 1.807) is 0 Å². The molecule has 1 N–H and O–H groups in total. The maximum atomic E-state index is 13.4. The smallest absolute Gasteiger partial charge is 0.136 e. The van der Waals surface area contributed by atoms with Gasteiger partial charge in [0, 0.05) is 4.90 Å². The van der Waals surface area contributed by atoms with Crippen molar-refractivity contribution in [2.24, 2.45) is 0 Å². The minimum absolute atomic E-state index is 0.324. The highest BCUT2D eigenvalue weighted by molar-refractivity contribution is 7.99. The molecule has 0 fully saturated rings. The first kappa shape index (κ1) is 16.9. The van der Waals surface area contributed by atoms with Crippen LogP contribution in [0.2, 0.25) is 0 Å². The molecule has 0 amide bonds. The van der Waals surface area contributed by atoms with Crippen molar-refractivity contribution >= 4 is 11.8 Å². The topological polar surface area (TPSA) is 35.8 Å². The predicted molar refractivity (Wildman–Crippen MR) is 78.6 cm³/mol. The summed E-state index contributed by atoms with van der Waals surface area (Å²) in [7, 11) is 0. The Morgan fingerprint density at radius 2 is 2.15 bits per heavy atom. The number of thioether (sulfide) groups is 1. The first-order chi connectivity index (χ1) is 9.50. The molecule has 0 radical (unpaired) electrons. The summed E-state index contributed by atoms with van der Waals surface area (Å²) in [5.74, 6) is -0.172. The average Bonchev–Trinajstić information content (AvgIpc) is 2.45. The Kier molecular flexibility index (Phi) is 6.97. The van der Waals surface area contributed by atoms with E-state index in [1.165, 1.54) is 17.8 Å². The minimum atomic E-state index is -0.545. The molecule has 1 unspecified atom stereocenters. The van der Waals surface area contributed by atoms with Crippen LogP contribution in [0.1, 0.15) is 33.1 Å². The van der Waals surface area contributed by atoms with Crippen LogP contribution in [0, 0.1) is 23.0 Å². The molecule has 0 aromatic heterocycles. The van der Waals surface area contributed by atoms with E-state index in [0.29, 0.717) is 17.1 Å². The molecule has 0 aliphatic heterocycles. The molecular formula is C15H20F2N2S. The zero-order valence-corrected chi connectivity index (χ0v) is 12.7. The molecule has 110 valence electrons. The van der Waals surface area contributed by atoms with E-state index in [0.717, 1.165) is 31.5 Å². The lowest BCUT2D eigenvalue weighted by Crippen LogP contribution is -2.41. The monoisotopic (exact) mass is 298 g/mol. The molecule has 0 heterocycles. The average molecular weight is 298 g/mol. The highest BCUT2D eigenvalue weighted by Crippen LogP contribution is 2.24. The third-order valence-electron chi connectivity index (χ3n) is 2.98. The van der Waals surface area contributed by atoms with E-state index in [2.05, 4.69) is 11.4 Å². The molecule has 5 heteroatoms. The Labute approximate surface area is 123 Å². The lowest BCUT2D eigenvalue weighted by atomic mass is 9.98. The Hall–Kier alpha value is -1.12. The summed E-state index contributed by atoms with van der Waals surface area (Å²) in [5, 5.41) is 12.4. The van der Waals surface area contributed by atoms with Crippen molar-refractivity contribution in [2.45, 2.75) is 43.5 Å². The van der Waals surface area contributed by atoms with Crippen molar-refractivity contribution in [1.82, 2.24) is 5.32 Å². The van der Waals surface area contributed by atoms with Crippen molar-refractivity contribution in [3.8, 4) is 6.07 Å². The number of hydrogen-bond donors (Lipinski definition) is 1. The van der Waals surface area contributed by atoms with E-state index >= 15 is 0 Å². The van der Waals surface area contributed by atoms with Crippen LogP contribution in [-0.4, -0.2) is 17.8 Å². The maximum Gasteiger partial charge on any atom is 0.136 e. The van der Waals surface area contributed by atoms with Gasteiger partial charge in [0.2, 0.25) is 0 Å². The van der Waals surface area contributed by atoms with Crippen molar-refractivity contribution < 1.29 is 8.78 Å². The number of nitrogens with one attached hydrogen (secondary N) is 1. The van der Waals surface area contributed by atoms with Gasteiger partial charge in [0.15, 0.2) is 0 Å². The Balaban J connectivity index is 2.41. The SMILES string of the molecule is CCCNC(C)(C#N)CCCSc1cc(F)ccc1F. The molecule has 0 aliphatic carbocycles. The molecule has 0 bridgehead atoms. The first-order valence-electron chi connectivity index (χ1n) is 6.75. The van der Waals surface area contributed by atoms with Crippen molar-refractivity contribution in [2.75, 3.05) is 12.3 Å². The number of hydrogen-bond acceptors (Lipinski definition) is 3. The van der Waals surface area contributed by atoms with Gasteiger partial charge in [-0.1, -0.05) is 6.92 Å². The van der Waals surface area contributed by atoms with Crippen LogP contribution in [0.3, 0.4) is 0 Å². The fourth-order valence-electron chi connectivity index (χ4n) is 1.78. The largest absolute Gasteiger partial charge is 0.300 e. The normalized spacial score (nSPS) is 13.8. The summed E-state index contributed by atoms with van der Waals surface area (Å²) < 4.78 is 26.4. The van der Waals surface area contributed by atoms with Gasteiger partial charge >= 0.3 is 0 Å². The minimum Gasteiger partial charge on any atom is -0.300 e. The maximum absolute atomic E-state index is 13.4. The molecule has 20 heavy (non-hydrogen) atoms. The van der Waals surface area contributed by atoms with Crippen LogP contribution in [0.15, 0.2) is 23.1 Å². The van der Waals surface area contributed by atoms with Gasteiger partial charge in [0.05, 0.1) is 6.07 Å². The summed E-state index contributed by atoms with van der Waals surface area (Å²) in [6.45, 7) is 4.72. The van der Waals surface area contributed by atoms with Crippen molar-refractivity contribution in [1.29, 1.82) is 5.26 Å². The Morgan fingerprint density at radius 3 is 2.80 bits per heavy atom. The van der Waals surface area contributed by atoms with Crippen LogP contribution < -0.4 is 5.32 Å². The van der Waals surface area contributed by atoms with Crippen LogP contribution in [0.4, 0.5) is 8.78 Å². The van der Waals surface area contributed by atoms with Gasteiger partial charge in [-0.2, -0.15) is 5.26 Å². The molecule has 2 nitrogen and oxygen atoms in total. The first-order valence-corrected chi connectivity index (χ1v) is 7.73. The number of rotatable bonds is 8. The fourth-order valence-corrected chi connectivity index (χ4v) is 2.69. The number of benzene rings is 1. The Bertz CT molecular complexity index is 473. The van der Waals surface area contributed by atoms with Crippen LogP contribution in [0.5, 0.6) is 0 Å². The van der Waals surface area contributed by atoms with Crippen LogP contribution in [0.25, 0.3) is 0 Å². The van der Waals surface area contributed by atoms with E-state index < -0.39 is 17.2 Å². The Morgan fingerprint density at radius 1 is 1.40 bits per heavy atom. The summed E-state index contributed by atoms with van der Waals surface area (Å²) >= 11 is 1.28. The fraction of sp³-hybridized carbons (Fsp3) is 0.533. The van der Waals surface area contributed by atoms with E-state index in [9.17, 15) is 14.0 Å². The number of nitrogens with zero attached hydrogens (tertiary/aromatic N) is 1. The third-order valence-corrected chi connectivity index (χ3v) is 4.10. The molecule has 1 aromatic carbocycles. The van der Waals surface area contributed by atoms with Gasteiger partial charge in [-0.15, -0.1) is 11.8 Å². The number of nitriles is 1. The molecule has 0 saturated heterocycles. The quantitative estimate of drug-likeness (QED) is 0.579. The summed E-state index contributed by atoms with van der Waals surface area (Å²) in [5.41, 5.74) is -0.545. The highest BCUT2D eigenvalue weighted by Gasteiger charge is 2.21. The van der Waals surface area contributed by atoms with E-state index in [-0.39, 0.29) is 0 Å². The second-order valence-corrected chi connectivity index (χ2v) is 6.03. The number of halogens is 2. The lowest BCUT2D eigenvalue weighted by Gasteiger charge is -2.22. The van der Waals surface area contributed by atoms with Gasteiger partial charge < -0.3 is 0 Å². The third kappa shape index (κ3) is 5.48. The molecular weight excluding hydrogens is 278 g/mol. The second-order valence-electron chi connectivity index (χ2n) is 4.90. The summed E-state index contributed by atoms with van der Waals surface area (Å²) in [6.07, 6.45) is 2.43. The summed E-state index contributed by atoms with van der Waals surface area (Å²) in [4.78, 5) is 0.324. The van der Waals surface area contributed by atoms with Crippen LogP contribution in [-0.2, 0) is 0 Å². The molecule has 0 spiro atoms. The van der Waals surface area contributed by atoms with Gasteiger partial charge in [0.1, 0.15) is 17.2 Å². The van der Waals surface area contributed by atoms with E-state index in [4.69, 9.17) is 0 Å². The standard InChI is InChI=1S/C15H20F2N2S/c1-3-8-19-15(2,11-18)7-4-9-20-14-10-12(16)5-6-13(14)17/h5-6,10,19H,3-4,7-9H2,1-2H3. The zero-order valence-electron chi connectivity index (χ0n) is 11.9. The lowest BCUT2D eigenvalue weighted by molar-refractivity contribution is 0.415. The zero-order chi connectivity index (χ0) is 15.0. The van der Waals surface area contributed by atoms with Crippen LogP contribution >= 0.6 is 11.8 Å². The molecule has 1 rings (SSSR count). The second kappa shape index (κ2) is 8.23. The molecule has 0 aliphatic rings. The molecule has 0 saturated carbocycles. The van der Waals surface area contributed by atoms with Crippen molar-refractivity contribution in [3.05, 3.63) is 29.8 Å². The highest BCUT2D eigenvalue weighted by atomic mass is 32.2. The van der Waals surface area contributed by atoms with E-state index in [1.807, 2.05) is 13.8 Å². The van der Waals surface area contributed by atoms with Gasteiger partial charge in [0.25, 0.3) is 0 Å². The molecule has 1 aromatic rings. The van der Waals surface area contributed by atoms with Gasteiger partial charge in [-0.05, 0) is 56.7 Å². The van der Waals surface area contributed by atoms with Gasteiger partial charge in [-0.3, -0.25) is 5.32 Å². The summed E-state index contributed by atoms with van der Waals surface area (Å²) in [6, 6.07) is 5.74.